The smallest absolute Gasteiger partial charge is 0.200 e. The van der Waals surface area contributed by atoms with Gasteiger partial charge in [-0.05, 0) is 55.6 Å². The molecule has 1 fully saturated rings. The molecule has 4 aromatic heterocycles. The fraction of sp³-hybridized carbons (Fsp3) is 0.119. The van der Waals surface area contributed by atoms with Crippen LogP contribution in [0.4, 0.5) is 67.2 Å². The first-order chi connectivity index (χ1) is 29.5. The van der Waals surface area contributed by atoms with Gasteiger partial charge in [0, 0.05) is 70.5 Å². The molecule has 8 bridgehead atoms. The molecule has 2 aliphatic rings. The lowest BCUT2D eigenvalue weighted by Crippen LogP contribution is -2.45. The van der Waals surface area contributed by atoms with E-state index in [9.17, 15) is 26.3 Å². The summed E-state index contributed by atoms with van der Waals surface area (Å²) in [6.07, 6.45) is 2.25. The lowest BCUT2D eigenvalue weighted by molar-refractivity contribution is 0.309. The van der Waals surface area contributed by atoms with Gasteiger partial charge in [-0.25, -0.2) is 66.4 Å². The number of hydrogen-bond acceptors (Lipinski definition) is 3. The van der Waals surface area contributed by atoms with Crippen molar-refractivity contribution in [3.8, 4) is 33.4 Å². The Kier molecular flexibility index (Phi) is 9.60. The maximum Gasteiger partial charge on any atom is 0.200 e. The third-order valence-corrected chi connectivity index (χ3v) is 10.8. The quantitative estimate of drug-likeness (QED) is 0.0937. The first-order valence-corrected chi connectivity index (χ1v) is 18.2. The maximum absolute atomic E-state index is 16.5. The first kappa shape index (κ1) is 40.6. The van der Waals surface area contributed by atoms with Crippen molar-refractivity contribution in [3.63, 3.8) is 0 Å². The molecule has 7 aromatic rings. The highest BCUT2D eigenvalue weighted by atomic mass is 19.2. The largest absolute Gasteiger partial charge is 0.364 e. The predicted molar refractivity (Wildman–Crippen MR) is 201 cm³/mol. The fourth-order valence-electron chi connectivity index (χ4n) is 7.74. The van der Waals surface area contributed by atoms with Crippen LogP contribution in [0.3, 0.4) is 0 Å². The van der Waals surface area contributed by atoms with Crippen LogP contribution < -0.4 is 4.90 Å². The number of hydrogen-bond donors (Lipinski definition) is 3. The Balaban J connectivity index is 1.46. The van der Waals surface area contributed by atoms with Crippen molar-refractivity contribution < 1.29 is 61.5 Å². The van der Waals surface area contributed by atoms with E-state index < -0.39 is 148 Å². The van der Waals surface area contributed by atoms with E-state index >= 15 is 35.1 Å². The monoisotopic (exact) mass is 876 g/mol. The highest BCUT2D eigenvalue weighted by Gasteiger charge is 2.34. The Morgan fingerprint density at radius 1 is 0.355 bits per heavy atom. The number of piperazine rings is 1. The third-order valence-electron chi connectivity index (χ3n) is 10.8. The topological polar surface area (TPSA) is 66.7 Å². The third kappa shape index (κ3) is 6.01. The molecule has 0 aliphatic carbocycles. The zero-order chi connectivity index (χ0) is 44.2. The van der Waals surface area contributed by atoms with Gasteiger partial charge in [-0.1, -0.05) is 0 Å². The minimum atomic E-state index is -2.56. The zero-order valence-electron chi connectivity index (χ0n) is 31.1. The summed E-state index contributed by atoms with van der Waals surface area (Å²) in [7, 11) is 1.73. The molecule has 9 rings (SSSR count). The summed E-state index contributed by atoms with van der Waals surface area (Å²) in [5, 5.41) is 0. The number of nitrogens with one attached hydrogen (secondary N) is 3. The summed E-state index contributed by atoms with van der Waals surface area (Å²) in [4.78, 5) is 15.1. The van der Waals surface area contributed by atoms with Crippen molar-refractivity contribution in [2.75, 3.05) is 38.1 Å². The Hall–Kier alpha value is -6.83. The van der Waals surface area contributed by atoms with Crippen molar-refractivity contribution in [2.24, 2.45) is 0 Å². The van der Waals surface area contributed by atoms with Crippen molar-refractivity contribution in [3.05, 3.63) is 129 Å². The SMILES string of the molecule is CN1CCN(c2c(F)c(F)c(-c3c4ccc([nH]4)c4nc(c(-c5c(F)c(F)c(F)c(F)c5F)c5ccc([nH]5)c(-c5c(F)c(F)c(F)c(F)c5F)c5ccc3[nH]5)C=C4)c(F)c2F)CC1. The molecule has 318 valence electrons. The molecule has 0 saturated carbocycles. The van der Waals surface area contributed by atoms with Gasteiger partial charge in [-0.2, -0.15) is 0 Å². The lowest BCUT2D eigenvalue weighted by Gasteiger charge is -2.34. The van der Waals surface area contributed by atoms with E-state index in [4.69, 9.17) is 0 Å². The summed E-state index contributed by atoms with van der Waals surface area (Å²) in [5.41, 5.74) is -11.2. The second-order valence-corrected chi connectivity index (χ2v) is 14.4. The number of likely N-dealkylation sites (N-methyl/N-ethyl adjacent to an activating group) is 1. The van der Waals surface area contributed by atoms with E-state index in [-0.39, 0.29) is 29.8 Å². The highest BCUT2D eigenvalue weighted by molar-refractivity contribution is 6.01. The Morgan fingerprint density at radius 3 is 1.08 bits per heavy atom. The van der Waals surface area contributed by atoms with Gasteiger partial charge >= 0.3 is 0 Å². The molecule has 0 radical (unpaired) electrons. The van der Waals surface area contributed by atoms with Crippen LogP contribution in [0.25, 0.3) is 78.6 Å². The minimum absolute atomic E-state index is 0.00597. The van der Waals surface area contributed by atoms with Crippen LogP contribution in [0.1, 0.15) is 11.4 Å². The number of H-pyrrole nitrogens is 3. The lowest BCUT2D eigenvalue weighted by atomic mass is 10.0. The van der Waals surface area contributed by atoms with Gasteiger partial charge in [0.1, 0.15) is 5.69 Å². The summed E-state index contributed by atoms with van der Waals surface area (Å²) in [6.45, 7) is 0.572. The normalized spacial score (nSPS) is 14.0. The van der Waals surface area contributed by atoms with E-state index in [2.05, 4.69) is 19.9 Å². The molecule has 3 aromatic carbocycles. The number of rotatable bonds is 4. The van der Waals surface area contributed by atoms with Gasteiger partial charge < -0.3 is 24.8 Å². The number of aromatic nitrogens is 4. The standard InChI is InChI=1S/C42H22F14N6/c1-61-10-12-62(13-11-61)42-40(55)32(47)27(33(48)41(42)56)23-17-5-3-15(58-17)14-2-4-16(57-14)22(25-28(43)34(49)38(53)35(50)29(25)44)18-6-8-20(59-18)24(21-9-7-19(23)60-21)26-30(45)36(51)39(54)37(52)31(26)46/h2-9,58-60H,10-13H2,1H3. The molecule has 0 amide bonds. The summed E-state index contributed by atoms with van der Waals surface area (Å²) >= 11 is 0. The fourth-order valence-corrected chi connectivity index (χ4v) is 7.74. The average Bonchev–Trinajstić information content (AvgIpc) is 4.11. The second kappa shape index (κ2) is 14.7. The van der Waals surface area contributed by atoms with Gasteiger partial charge in [0.05, 0.1) is 33.6 Å². The molecule has 0 spiro atoms. The predicted octanol–water partition coefficient (Wildman–Crippen LogP) is 11.4. The first-order valence-electron chi connectivity index (χ1n) is 18.2. The van der Waals surface area contributed by atoms with Crippen LogP contribution in [0.15, 0.2) is 36.4 Å². The van der Waals surface area contributed by atoms with Crippen LogP contribution >= 0.6 is 0 Å². The Bertz CT molecular complexity index is 3140. The zero-order valence-corrected chi connectivity index (χ0v) is 31.1. The number of halogens is 14. The van der Waals surface area contributed by atoms with Crippen LogP contribution in [0.5, 0.6) is 0 Å². The van der Waals surface area contributed by atoms with E-state index in [0.717, 1.165) is 41.3 Å². The van der Waals surface area contributed by atoms with Gasteiger partial charge in [-0.15, -0.1) is 0 Å². The molecule has 2 aliphatic heterocycles. The highest BCUT2D eigenvalue weighted by Crippen LogP contribution is 2.43. The molecule has 0 unspecified atom stereocenters. The van der Waals surface area contributed by atoms with E-state index in [1.807, 2.05) is 4.90 Å². The van der Waals surface area contributed by atoms with Crippen LogP contribution in [-0.4, -0.2) is 58.1 Å². The Labute approximate surface area is 337 Å². The number of fused-ring (bicyclic) bond motifs is 9. The van der Waals surface area contributed by atoms with Crippen molar-refractivity contribution in [2.45, 2.75) is 0 Å². The van der Waals surface area contributed by atoms with E-state index in [1.165, 1.54) is 12.1 Å². The molecule has 3 N–H and O–H groups in total. The van der Waals surface area contributed by atoms with Gasteiger partial charge in [0.25, 0.3) is 0 Å². The molecular formula is C42H22F14N6. The minimum Gasteiger partial charge on any atom is -0.364 e. The molecule has 20 heteroatoms. The maximum atomic E-state index is 16.5. The number of nitrogens with zero attached hydrogens (tertiary/aromatic N) is 3. The van der Waals surface area contributed by atoms with Crippen molar-refractivity contribution in [1.82, 2.24) is 24.8 Å². The molecule has 62 heavy (non-hydrogen) atoms. The number of aromatic amines is 3. The summed E-state index contributed by atoms with van der Waals surface area (Å²) in [5.74, 6) is -31.5. The molecule has 6 heterocycles. The van der Waals surface area contributed by atoms with Gasteiger partial charge in [0.2, 0.25) is 11.6 Å². The molecule has 0 atom stereocenters. The molecule has 6 nitrogen and oxygen atoms in total. The van der Waals surface area contributed by atoms with Crippen LogP contribution in [0, 0.1) is 81.4 Å². The Morgan fingerprint density at radius 2 is 0.661 bits per heavy atom. The second-order valence-electron chi connectivity index (χ2n) is 14.4. The van der Waals surface area contributed by atoms with Crippen LogP contribution in [-0.2, 0) is 0 Å². The van der Waals surface area contributed by atoms with Crippen molar-refractivity contribution in [1.29, 1.82) is 0 Å². The summed E-state index contributed by atoms with van der Waals surface area (Å²) < 4.78 is 216. The average molecular weight is 877 g/mol. The summed E-state index contributed by atoms with van der Waals surface area (Å²) in [6, 6.07) is 6.16. The van der Waals surface area contributed by atoms with E-state index in [0.29, 0.717) is 13.1 Å². The molecule has 1 saturated heterocycles. The van der Waals surface area contributed by atoms with Crippen molar-refractivity contribution >= 4 is 50.9 Å². The molecular weight excluding hydrogens is 854 g/mol. The number of benzene rings is 3. The number of anilines is 1. The van der Waals surface area contributed by atoms with Gasteiger partial charge in [-0.3, -0.25) is 0 Å². The van der Waals surface area contributed by atoms with Crippen LogP contribution in [0.2, 0.25) is 0 Å². The van der Waals surface area contributed by atoms with Gasteiger partial charge in [0.15, 0.2) is 69.8 Å². The van der Waals surface area contributed by atoms with E-state index in [1.54, 1.807) is 7.05 Å².